The summed E-state index contributed by atoms with van der Waals surface area (Å²) in [5, 5.41) is 2.20. The fourth-order valence-electron chi connectivity index (χ4n) is 3.31. The molecule has 0 N–H and O–H groups in total. The first-order valence-corrected chi connectivity index (χ1v) is 9.17. The second kappa shape index (κ2) is 6.69. The molecule has 0 bridgehead atoms. The molecule has 0 radical (unpaired) electrons. The van der Waals surface area contributed by atoms with Crippen molar-refractivity contribution in [1.82, 2.24) is 4.90 Å². The fourth-order valence-corrected chi connectivity index (χ4v) is 3.50. The van der Waals surface area contributed by atoms with Crippen molar-refractivity contribution in [3.63, 3.8) is 0 Å². The largest absolute Gasteiger partial charge is 0.335 e. The van der Waals surface area contributed by atoms with Crippen molar-refractivity contribution >= 4 is 29.5 Å². The van der Waals surface area contributed by atoms with Gasteiger partial charge in [-0.05, 0) is 49.2 Å². The summed E-state index contributed by atoms with van der Waals surface area (Å²) in [5.41, 5.74) is 1.68. The molecule has 0 spiro atoms. The van der Waals surface area contributed by atoms with E-state index in [1.165, 1.54) is 0 Å². The van der Waals surface area contributed by atoms with Gasteiger partial charge in [0.25, 0.3) is 11.8 Å². The Kier molecular flexibility index (Phi) is 4.37. The van der Waals surface area contributed by atoms with Crippen LogP contribution in [0.2, 0.25) is 5.02 Å². The zero-order chi connectivity index (χ0) is 18.3. The summed E-state index contributed by atoms with van der Waals surface area (Å²) in [6, 6.07) is 13.0. The molecule has 132 valence electrons. The third-order valence-corrected chi connectivity index (χ3v) is 5.06. The lowest BCUT2D eigenvalue weighted by Gasteiger charge is -2.26. The average Bonchev–Trinajstić information content (AvgIpc) is 3.44. The summed E-state index contributed by atoms with van der Waals surface area (Å²) in [6.45, 7) is 2.37. The van der Waals surface area contributed by atoms with Crippen molar-refractivity contribution in [3.8, 4) is 0 Å². The molecule has 2 aromatic carbocycles. The topological polar surface area (TPSA) is 49.7 Å². The lowest BCUT2D eigenvalue weighted by molar-refractivity contribution is -0.120. The van der Waals surface area contributed by atoms with Gasteiger partial charge < -0.3 is 4.90 Å². The van der Waals surface area contributed by atoms with Crippen molar-refractivity contribution in [2.45, 2.75) is 25.8 Å². The Labute approximate surface area is 156 Å². The number of aryl methyl sites for hydroxylation is 1. The van der Waals surface area contributed by atoms with Crippen LogP contribution in [0.15, 0.2) is 47.5 Å². The molecule has 0 saturated heterocycles. The normalized spacial score (nSPS) is 18.5. The molecule has 0 aromatic heterocycles. The van der Waals surface area contributed by atoms with Crippen molar-refractivity contribution in [3.05, 3.63) is 69.2 Å². The van der Waals surface area contributed by atoms with Gasteiger partial charge in [0.05, 0.1) is 11.3 Å². The Morgan fingerprint density at radius 2 is 2.04 bits per heavy atom. The van der Waals surface area contributed by atoms with Gasteiger partial charge in [-0.3, -0.25) is 9.59 Å². The van der Waals surface area contributed by atoms with Gasteiger partial charge in [0, 0.05) is 23.2 Å². The first kappa shape index (κ1) is 17.0. The first-order chi connectivity index (χ1) is 12.5. The number of carbonyl (C=O) groups excluding carboxylic acids is 2. The van der Waals surface area contributed by atoms with Gasteiger partial charge in [0.1, 0.15) is 0 Å². The first-order valence-electron chi connectivity index (χ1n) is 8.79. The van der Waals surface area contributed by atoms with Crippen LogP contribution in [0, 0.1) is 12.8 Å². The van der Waals surface area contributed by atoms with E-state index in [9.17, 15) is 9.59 Å². The Morgan fingerprint density at radius 3 is 2.77 bits per heavy atom. The monoisotopic (exact) mass is 366 g/mol. The minimum Gasteiger partial charge on any atom is -0.335 e. The summed E-state index contributed by atoms with van der Waals surface area (Å²) >= 11 is 6.03. The number of amides is 2. The molecule has 1 saturated carbocycles. The van der Waals surface area contributed by atoms with Crippen LogP contribution < -0.4 is 10.6 Å². The summed E-state index contributed by atoms with van der Waals surface area (Å²) < 4.78 is 0. The minimum atomic E-state index is -0.409. The molecule has 1 aliphatic carbocycles. The number of nitrogens with zero attached hydrogens (tertiary/aromatic N) is 2. The van der Waals surface area contributed by atoms with Gasteiger partial charge in [-0.15, -0.1) is 0 Å². The van der Waals surface area contributed by atoms with E-state index < -0.39 is 5.92 Å². The molecule has 1 aliphatic heterocycles. The van der Waals surface area contributed by atoms with Gasteiger partial charge in [-0.1, -0.05) is 41.4 Å². The Bertz CT molecular complexity index is 1010. The predicted molar refractivity (Wildman–Crippen MR) is 100 cm³/mol. The van der Waals surface area contributed by atoms with Gasteiger partial charge in [0.15, 0.2) is 0 Å². The number of hydrogen-bond donors (Lipinski definition) is 0. The number of benzene rings is 2. The third kappa shape index (κ3) is 3.42. The number of halogens is 1. The zero-order valence-corrected chi connectivity index (χ0v) is 15.2. The van der Waals surface area contributed by atoms with Crippen LogP contribution in [0.1, 0.15) is 28.8 Å². The van der Waals surface area contributed by atoms with Gasteiger partial charge in [-0.2, -0.15) is 0 Å². The van der Waals surface area contributed by atoms with E-state index in [-0.39, 0.29) is 17.9 Å². The molecule has 1 fully saturated rings. The van der Waals surface area contributed by atoms with Crippen LogP contribution in [-0.4, -0.2) is 29.3 Å². The zero-order valence-electron chi connectivity index (χ0n) is 14.5. The Balaban J connectivity index is 1.63. The van der Waals surface area contributed by atoms with Gasteiger partial charge in [-0.25, -0.2) is 4.99 Å². The van der Waals surface area contributed by atoms with E-state index in [1.54, 1.807) is 29.2 Å². The number of carbonyl (C=O) groups is 2. The molecular weight excluding hydrogens is 348 g/mol. The van der Waals surface area contributed by atoms with Crippen molar-refractivity contribution in [1.29, 1.82) is 0 Å². The quantitative estimate of drug-likeness (QED) is 0.834. The molecule has 4 nitrogen and oxygen atoms in total. The predicted octanol–water partition coefficient (Wildman–Crippen LogP) is 2.51. The average molecular weight is 367 g/mol. The molecule has 5 heteroatoms. The smallest absolute Gasteiger partial charge is 0.254 e. The lowest BCUT2D eigenvalue weighted by Crippen LogP contribution is -2.42. The van der Waals surface area contributed by atoms with E-state index in [2.05, 4.69) is 4.99 Å². The molecule has 2 aromatic rings. The van der Waals surface area contributed by atoms with Crippen molar-refractivity contribution in [2.24, 2.45) is 10.9 Å². The highest BCUT2D eigenvalue weighted by molar-refractivity contribution is 6.30. The molecule has 26 heavy (non-hydrogen) atoms. The van der Waals surface area contributed by atoms with E-state index >= 15 is 0 Å². The number of hydrogen-bond acceptors (Lipinski definition) is 2. The Morgan fingerprint density at radius 1 is 1.23 bits per heavy atom. The van der Waals surface area contributed by atoms with E-state index in [0.717, 1.165) is 23.6 Å². The van der Waals surface area contributed by atoms with Crippen LogP contribution in [0.4, 0.5) is 0 Å². The van der Waals surface area contributed by atoms with Crippen LogP contribution >= 0.6 is 11.6 Å². The molecule has 1 unspecified atom stereocenters. The van der Waals surface area contributed by atoms with E-state index in [4.69, 9.17) is 11.6 Å². The van der Waals surface area contributed by atoms with Gasteiger partial charge in [0.2, 0.25) is 0 Å². The number of rotatable bonds is 4. The Hall–Kier alpha value is -2.46. The summed E-state index contributed by atoms with van der Waals surface area (Å²) in [7, 11) is 0. The number of fused-ring (bicyclic) bond motifs is 1. The van der Waals surface area contributed by atoms with Crippen LogP contribution in [-0.2, 0) is 4.79 Å². The third-order valence-electron chi connectivity index (χ3n) is 4.83. The molecule has 4 rings (SSSR count). The summed E-state index contributed by atoms with van der Waals surface area (Å²) in [5.74, 6) is -0.676. The van der Waals surface area contributed by atoms with E-state index in [0.29, 0.717) is 22.5 Å². The molecular formula is C21H19ClN2O2. The van der Waals surface area contributed by atoms with Crippen LogP contribution in [0.5, 0.6) is 0 Å². The fraction of sp³-hybridized carbons (Fsp3) is 0.286. The maximum atomic E-state index is 13.0. The standard InChI is InChI=1S/C21H19ClN2O2/c1-13-5-8-19-15(9-13)10-16(20(25)23-19)12-24(18-6-7-18)21(26)14-3-2-4-17(22)11-14/h2-5,8-11,16,18H,6-7,12H2,1H3. The second-order valence-electron chi connectivity index (χ2n) is 6.98. The summed E-state index contributed by atoms with van der Waals surface area (Å²) in [4.78, 5) is 31.5. The van der Waals surface area contributed by atoms with Crippen LogP contribution in [0.3, 0.4) is 0 Å². The molecule has 1 heterocycles. The lowest BCUT2D eigenvalue weighted by atomic mass is 10.0. The minimum absolute atomic E-state index is 0.0776. The van der Waals surface area contributed by atoms with E-state index in [1.807, 2.05) is 31.2 Å². The van der Waals surface area contributed by atoms with Gasteiger partial charge >= 0.3 is 0 Å². The highest BCUT2D eigenvalue weighted by Gasteiger charge is 2.35. The highest BCUT2D eigenvalue weighted by atomic mass is 35.5. The molecule has 1 atom stereocenters. The maximum Gasteiger partial charge on any atom is 0.254 e. The second-order valence-corrected chi connectivity index (χ2v) is 7.42. The SMILES string of the molecule is Cc1ccc2c(c1)=CC(CN(C(=O)c1cccc(Cl)c1)C1CC1)C(=O)N=2. The van der Waals surface area contributed by atoms with Crippen LogP contribution in [0.25, 0.3) is 6.08 Å². The summed E-state index contributed by atoms with van der Waals surface area (Å²) in [6.07, 6.45) is 3.89. The highest BCUT2D eigenvalue weighted by Crippen LogP contribution is 2.30. The molecule has 2 aliphatic rings. The maximum absolute atomic E-state index is 13.0. The van der Waals surface area contributed by atoms with Crippen molar-refractivity contribution in [2.75, 3.05) is 6.54 Å². The van der Waals surface area contributed by atoms with Crippen molar-refractivity contribution < 1.29 is 9.59 Å². The molecule has 2 amide bonds.